The molecule has 0 unspecified atom stereocenters. The first-order valence-electron chi connectivity index (χ1n) is 8.95. The summed E-state index contributed by atoms with van der Waals surface area (Å²) in [5, 5.41) is 2.37. The molecule has 3 heterocycles. The van der Waals surface area contributed by atoms with E-state index in [-0.39, 0.29) is 5.41 Å². The van der Waals surface area contributed by atoms with Crippen molar-refractivity contribution >= 4 is 38.4 Å². The zero-order valence-electron chi connectivity index (χ0n) is 16.5. The van der Waals surface area contributed by atoms with Crippen LogP contribution in [0.2, 0.25) is 0 Å². The van der Waals surface area contributed by atoms with Gasteiger partial charge in [-0.15, -0.1) is 22.7 Å². The Hall–Kier alpha value is -1.78. The van der Waals surface area contributed by atoms with Crippen molar-refractivity contribution in [3.8, 4) is 11.5 Å². The van der Waals surface area contributed by atoms with Crippen molar-refractivity contribution in [3.63, 3.8) is 0 Å². The molecule has 0 aliphatic carbocycles. The van der Waals surface area contributed by atoms with Gasteiger partial charge in [-0.05, 0) is 61.9 Å². The standard InChI is InChI=1S/C22H25NOS2/c1-12-8-16(22(5,6)7)9-13(2)19(12)23-20-17(10-14(3)25-20)24-18-11-15(4)26-21(18)23/h8-11H,1-7H3. The van der Waals surface area contributed by atoms with Crippen LogP contribution in [-0.2, 0) is 5.41 Å². The molecule has 26 heavy (non-hydrogen) atoms. The number of nitrogens with zero attached hydrogens (tertiary/aromatic N) is 1. The van der Waals surface area contributed by atoms with E-state index in [0.717, 1.165) is 11.5 Å². The molecule has 4 heteroatoms. The molecule has 0 N–H and O–H groups in total. The Morgan fingerprint density at radius 2 is 1.23 bits per heavy atom. The first-order chi connectivity index (χ1) is 12.1. The summed E-state index contributed by atoms with van der Waals surface area (Å²) in [4.78, 5) is 4.96. The van der Waals surface area contributed by atoms with Gasteiger partial charge in [-0.1, -0.05) is 32.9 Å². The van der Waals surface area contributed by atoms with Crippen molar-refractivity contribution in [1.29, 1.82) is 0 Å². The maximum Gasteiger partial charge on any atom is 0.163 e. The van der Waals surface area contributed by atoms with Crippen molar-refractivity contribution in [2.24, 2.45) is 0 Å². The topological polar surface area (TPSA) is 12.5 Å². The molecule has 1 aliphatic heterocycles. The van der Waals surface area contributed by atoms with Gasteiger partial charge < -0.3 is 4.74 Å². The lowest BCUT2D eigenvalue weighted by Gasteiger charge is -2.32. The Balaban J connectivity index is 1.96. The van der Waals surface area contributed by atoms with Crippen molar-refractivity contribution in [3.05, 3.63) is 50.7 Å². The van der Waals surface area contributed by atoms with Crippen LogP contribution in [0, 0.1) is 27.7 Å². The Morgan fingerprint density at radius 3 is 1.65 bits per heavy atom. The summed E-state index contributed by atoms with van der Waals surface area (Å²) in [6.45, 7) is 15.6. The average Bonchev–Trinajstić information content (AvgIpc) is 3.05. The fourth-order valence-electron chi connectivity index (χ4n) is 3.57. The Bertz CT molecular complexity index is 935. The van der Waals surface area contributed by atoms with Gasteiger partial charge in [0.15, 0.2) is 11.5 Å². The number of anilines is 3. The Morgan fingerprint density at radius 1 is 0.769 bits per heavy atom. The van der Waals surface area contributed by atoms with Gasteiger partial charge >= 0.3 is 0 Å². The van der Waals surface area contributed by atoms with Gasteiger partial charge in [0.05, 0.1) is 5.69 Å². The van der Waals surface area contributed by atoms with E-state index in [4.69, 9.17) is 4.74 Å². The molecule has 0 spiro atoms. The van der Waals surface area contributed by atoms with E-state index in [1.807, 2.05) is 0 Å². The van der Waals surface area contributed by atoms with Gasteiger partial charge in [-0.2, -0.15) is 0 Å². The lowest BCUT2D eigenvalue weighted by molar-refractivity contribution is 0.482. The van der Waals surface area contributed by atoms with E-state index in [2.05, 4.69) is 77.6 Å². The van der Waals surface area contributed by atoms with E-state index in [9.17, 15) is 0 Å². The number of thiophene rings is 2. The third-order valence-electron chi connectivity index (χ3n) is 4.81. The predicted molar refractivity (Wildman–Crippen MR) is 115 cm³/mol. The normalized spacial score (nSPS) is 13.4. The molecule has 1 aliphatic rings. The molecular weight excluding hydrogens is 358 g/mol. The molecule has 4 rings (SSSR count). The quantitative estimate of drug-likeness (QED) is 0.331. The number of fused-ring (bicyclic) bond motifs is 2. The van der Waals surface area contributed by atoms with Crippen LogP contribution in [0.5, 0.6) is 11.5 Å². The van der Waals surface area contributed by atoms with Crippen LogP contribution in [0.1, 0.15) is 47.2 Å². The summed E-state index contributed by atoms with van der Waals surface area (Å²) in [7, 11) is 0. The minimum atomic E-state index is 0.147. The van der Waals surface area contributed by atoms with Gasteiger partial charge in [0, 0.05) is 9.75 Å². The fourth-order valence-corrected chi connectivity index (χ4v) is 5.52. The molecule has 0 saturated heterocycles. The zero-order chi connectivity index (χ0) is 18.8. The third kappa shape index (κ3) is 2.76. The van der Waals surface area contributed by atoms with Gasteiger partial charge in [0.25, 0.3) is 0 Å². The van der Waals surface area contributed by atoms with Crippen LogP contribution in [0.25, 0.3) is 0 Å². The monoisotopic (exact) mass is 383 g/mol. The fraction of sp³-hybridized carbons (Fsp3) is 0.364. The summed E-state index contributed by atoms with van der Waals surface area (Å²) >= 11 is 3.60. The second kappa shape index (κ2) is 5.86. The second-order valence-corrected chi connectivity index (χ2v) is 10.7. The number of ether oxygens (including phenoxy) is 1. The minimum Gasteiger partial charge on any atom is -0.451 e. The highest BCUT2D eigenvalue weighted by molar-refractivity contribution is 7.19. The average molecular weight is 384 g/mol. The molecule has 2 aromatic heterocycles. The van der Waals surface area contributed by atoms with Crippen LogP contribution in [0.3, 0.4) is 0 Å². The number of benzene rings is 1. The molecule has 0 radical (unpaired) electrons. The molecular formula is C22H25NOS2. The van der Waals surface area contributed by atoms with Gasteiger partial charge in [0.2, 0.25) is 0 Å². The summed E-state index contributed by atoms with van der Waals surface area (Å²) in [6, 6.07) is 8.99. The predicted octanol–water partition coefficient (Wildman–Crippen LogP) is 7.92. The molecule has 3 aromatic rings. The van der Waals surface area contributed by atoms with E-state index >= 15 is 0 Å². The van der Waals surface area contributed by atoms with Crippen LogP contribution >= 0.6 is 22.7 Å². The van der Waals surface area contributed by atoms with Crippen LogP contribution < -0.4 is 9.64 Å². The summed E-state index contributed by atoms with van der Waals surface area (Å²) in [5.74, 6) is 1.94. The minimum absolute atomic E-state index is 0.147. The molecule has 2 nitrogen and oxygen atoms in total. The highest BCUT2D eigenvalue weighted by Gasteiger charge is 2.32. The lowest BCUT2D eigenvalue weighted by atomic mass is 9.84. The van der Waals surface area contributed by atoms with Gasteiger partial charge in [-0.3, -0.25) is 4.90 Å². The Kier molecular flexibility index (Phi) is 3.97. The lowest BCUT2D eigenvalue weighted by Crippen LogP contribution is -2.17. The number of hydrogen-bond acceptors (Lipinski definition) is 4. The maximum atomic E-state index is 6.21. The van der Waals surface area contributed by atoms with E-state index in [1.54, 1.807) is 22.7 Å². The van der Waals surface area contributed by atoms with E-state index < -0.39 is 0 Å². The maximum absolute atomic E-state index is 6.21. The van der Waals surface area contributed by atoms with E-state index in [1.165, 1.54) is 42.1 Å². The number of hydrogen-bond donors (Lipinski definition) is 0. The highest BCUT2D eigenvalue weighted by atomic mass is 32.1. The van der Waals surface area contributed by atoms with Crippen LogP contribution in [0.4, 0.5) is 15.7 Å². The summed E-state index contributed by atoms with van der Waals surface area (Å²) < 4.78 is 6.21. The first-order valence-corrected chi connectivity index (χ1v) is 10.6. The zero-order valence-corrected chi connectivity index (χ0v) is 18.1. The number of rotatable bonds is 1. The Labute approximate surface area is 164 Å². The SMILES string of the molecule is Cc1cc2c(s1)N(c1c(C)cc(C(C)(C)C)cc1C)c1sc(C)cc1O2. The molecule has 136 valence electrons. The molecule has 1 aromatic carbocycles. The molecule has 0 atom stereocenters. The summed E-state index contributed by atoms with van der Waals surface area (Å²) in [6.07, 6.45) is 0. The first kappa shape index (κ1) is 17.6. The molecule has 0 saturated carbocycles. The van der Waals surface area contributed by atoms with Gasteiger partial charge in [0.1, 0.15) is 10.0 Å². The summed E-state index contributed by atoms with van der Waals surface area (Å²) in [5.41, 5.74) is 5.44. The van der Waals surface area contributed by atoms with Crippen molar-refractivity contribution in [2.75, 3.05) is 4.90 Å². The third-order valence-corrected chi connectivity index (χ3v) is 6.85. The van der Waals surface area contributed by atoms with Gasteiger partial charge in [-0.25, -0.2) is 0 Å². The molecule has 0 amide bonds. The number of aryl methyl sites for hydroxylation is 4. The largest absolute Gasteiger partial charge is 0.451 e. The smallest absolute Gasteiger partial charge is 0.163 e. The molecule has 0 fully saturated rings. The van der Waals surface area contributed by atoms with Crippen molar-refractivity contribution in [1.82, 2.24) is 0 Å². The van der Waals surface area contributed by atoms with E-state index in [0.29, 0.717) is 0 Å². The van der Waals surface area contributed by atoms with Crippen LogP contribution in [-0.4, -0.2) is 0 Å². The van der Waals surface area contributed by atoms with Crippen molar-refractivity contribution in [2.45, 2.75) is 53.9 Å². The second-order valence-electron chi connectivity index (χ2n) is 8.20. The highest BCUT2D eigenvalue weighted by Crippen LogP contribution is 2.58. The molecule has 0 bridgehead atoms. The van der Waals surface area contributed by atoms with Crippen molar-refractivity contribution < 1.29 is 4.74 Å². The van der Waals surface area contributed by atoms with Crippen LogP contribution in [0.15, 0.2) is 24.3 Å².